The van der Waals surface area contributed by atoms with E-state index < -0.39 is 0 Å². The predicted octanol–water partition coefficient (Wildman–Crippen LogP) is 3.08. The van der Waals surface area contributed by atoms with E-state index in [1.807, 2.05) is 30.3 Å². The van der Waals surface area contributed by atoms with Crippen LogP contribution in [0.4, 0.5) is 6.01 Å². The number of anilines is 1. The predicted molar refractivity (Wildman–Crippen MR) is 73.0 cm³/mol. The van der Waals surface area contributed by atoms with Crippen LogP contribution in [0.5, 0.6) is 0 Å². The summed E-state index contributed by atoms with van der Waals surface area (Å²) >= 11 is 0. The number of carbonyl (C=O) groups is 1. The van der Waals surface area contributed by atoms with Crippen LogP contribution >= 0.6 is 0 Å². The topological polar surface area (TPSA) is 81.2 Å². The fourth-order valence-electron chi connectivity index (χ4n) is 1.71. The van der Waals surface area contributed by atoms with Gasteiger partial charge in [0.1, 0.15) is 5.58 Å². The van der Waals surface area contributed by atoms with E-state index in [0.717, 1.165) is 11.0 Å². The van der Waals surface area contributed by atoms with Crippen molar-refractivity contribution in [2.24, 2.45) is 5.92 Å². The van der Waals surface area contributed by atoms with E-state index in [9.17, 15) is 4.79 Å². The molecule has 0 saturated carbocycles. The maximum atomic E-state index is 11.5. The van der Waals surface area contributed by atoms with Crippen LogP contribution in [0.2, 0.25) is 0 Å². The van der Waals surface area contributed by atoms with Gasteiger partial charge in [-0.3, -0.25) is 10.1 Å². The Morgan fingerprint density at radius 2 is 2.00 bits per heavy atom. The van der Waals surface area contributed by atoms with Crippen LogP contribution in [0.1, 0.15) is 13.8 Å². The van der Waals surface area contributed by atoms with E-state index in [1.54, 1.807) is 13.8 Å². The van der Waals surface area contributed by atoms with Gasteiger partial charge in [-0.2, -0.15) is 0 Å². The molecule has 6 nitrogen and oxygen atoms in total. The van der Waals surface area contributed by atoms with Crippen LogP contribution in [0.25, 0.3) is 22.6 Å². The number of benzene rings is 1. The summed E-state index contributed by atoms with van der Waals surface area (Å²) in [5.41, 5.74) is 0.744. The summed E-state index contributed by atoms with van der Waals surface area (Å²) in [6.07, 6.45) is 0. The molecule has 1 aromatic carbocycles. The lowest BCUT2D eigenvalue weighted by Gasteiger charge is -2.01. The summed E-state index contributed by atoms with van der Waals surface area (Å²) < 4.78 is 11.0. The molecule has 0 spiro atoms. The van der Waals surface area contributed by atoms with E-state index in [0.29, 0.717) is 5.76 Å². The number of rotatable bonds is 3. The second-order valence-corrected chi connectivity index (χ2v) is 4.70. The number of aromatic nitrogens is 2. The third-order valence-electron chi connectivity index (χ3n) is 2.82. The van der Waals surface area contributed by atoms with E-state index >= 15 is 0 Å². The smallest absolute Gasteiger partial charge is 0.322 e. The lowest BCUT2D eigenvalue weighted by Crippen LogP contribution is -2.17. The van der Waals surface area contributed by atoms with E-state index in [-0.39, 0.29) is 23.7 Å². The van der Waals surface area contributed by atoms with Crippen molar-refractivity contribution in [2.75, 3.05) is 5.32 Å². The number of amides is 1. The average molecular weight is 271 g/mol. The number of hydrogen-bond donors (Lipinski definition) is 1. The zero-order valence-corrected chi connectivity index (χ0v) is 11.1. The Hall–Kier alpha value is -2.63. The fourth-order valence-corrected chi connectivity index (χ4v) is 1.71. The summed E-state index contributed by atoms with van der Waals surface area (Å²) in [6, 6.07) is 9.48. The number of nitrogens with one attached hydrogen (secondary N) is 1. The highest BCUT2D eigenvalue weighted by molar-refractivity contribution is 5.90. The molecular formula is C14H13N3O3. The molecule has 3 aromatic rings. The lowest BCUT2D eigenvalue weighted by molar-refractivity contribution is -0.119. The van der Waals surface area contributed by atoms with Gasteiger partial charge in [-0.1, -0.05) is 37.1 Å². The van der Waals surface area contributed by atoms with Crippen LogP contribution in [0.3, 0.4) is 0 Å². The van der Waals surface area contributed by atoms with Gasteiger partial charge in [-0.15, -0.1) is 5.10 Å². The van der Waals surface area contributed by atoms with Crippen molar-refractivity contribution in [3.63, 3.8) is 0 Å². The van der Waals surface area contributed by atoms with Gasteiger partial charge >= 0.3 is 6.01 Å². The van der Waals surface area contributed by atoms with Crippen LogP contribution in [-0.4, -0.2) is 16.1 Å². The molecule has 0 radical (unpaired) electrons. The quantitative estimate of drug-likeness (QED) is 0.791. The second-order valence-electron chi connectivity index (χ2n) is 4.70. The Bertz CT molecular complexity index is 725. The van der Waals surface area contributed by atoms with Gasteiger partial charge in [-0.25, -0.2) is 0 Å². The fraction of sp³-hybridized carbons (Fsp3) is 0.214. The summed E-state index contributed by atoms with van der Waals surface area (Å²) in [5.74, 6) is 0.380. The largest absolute Gasteiger partial charge is 0.451 e. The van der Waals surface area contributed by atoms with E-state index in [4.69, 9.17) is 8.83 Å². The number of nitrogens with zero attached hydrogens (tertiary/aromatic N) is 2. The van der Waals surface area contributed by atoms with Gasteiger partial charge in [0.2, 0.25) is 5.91 Å². The van der Waals surface area contributed by atoms with Crippen molar-refractivity contribution in [2.45, 2.75) is 13.8 Å². The molecule has 0 saturated heterocycles. The maximum Gasteiger partial charge on any atom is 0.322 e. The number of furan rings is 1. The maximum absolute atomic E-state index is 11.5. The van der Waals surface area contributed by atoms with Gasteiger partial charge < -0.3 is 8.83 Å². The first-order valence-corrected chi connectivity index (χ1v) is 6.27. The molecule has 0 unspecified atom stereocenters. The molecule has 6 heteroatoms. The summed E-state index contributed by atoms with van der Waals surface area (Å²) in [7, 11) is 0. The highest BCUT2D eigenvalue weighted by Gasteiger charge is 2.16. The second kappa shape index (κ2) is 4.80. The van der Waals surface area contributed by atoms with Crippen LogP contribution in [0.15, 0.2) is 39.2 Å². The molecule has 0 aliphatic rings. The molecule has 1 N–H and O–H groups in total. The first kappa shape index (κ1) is 12.4. The van der Waals surface area contributed by atoms with Gasteiger partial charge in [0, 0.05) is 11.3 Å². The summed E-state index contributed by atoms with van der Waals surface area (Å²) in [6.45, 7) is 3.57. The van der Waals surface area contributed by atoms with Gasteiger partial charge in [0.15, 0.2) is 5.76 Å². The Morgan fingerprint density at radius 1 is 1.20 bits per heavy atom. The number of hydrogen-bond acceptors (Lipinski definition) is 5. The zero-order chi connectivity index (χ0) is 14.1. The SMILES string of the molecule is CC(C)C(=O)Nc1nnc(-c2cc3ccccc3o2)o1. The molecule has 0 bridgehead atoms. The van der Waals surface area contributed by atoms with Crippen LogP contribution in [-0.2, 0) is 4.79 Å². The van der Waals surface area contributed by atoms with E-state index in [2.05, 4.69) is 15.5 Å². The standard InChI is InChI=1S/C14H13N3O3/c1-8(2)12(18)15-14-17-16-13(20-14)11-7-9-5-3-4-6-10(9)19-11/h3-8H,1-2H3,(H,15,17,18). The Morgan fingerprint density at radius 3 is 2.75 bits per heavy atom. The molecule has 20 heavy (non-hydrogen) atoms. The Labute approximate surface area is 114 Å². The molecule has 102 valence electrons. The number of fused-ring (bicyclic) bond motifs is 1. The molecule has 0 atom stereocenters. The van der Waals surface area contributed by atoms with Crippen molar-refractivity contribution in [1.82, 2.24) is 10.2 Å². The minimum atomic E-state index is -0.176. The lowest BCUT2D eigenvalue weighted by atomic mass is 10.2. The van der Waals surface area contributed by atoms with Crippen molar-refractivity contribution < 1.29 is 13.6 Å². The average Bonchev–Trinajstić information content (AvgIpc) is 3.03. The Kier molecular flexibility index (Phi) is 2.98. The third kappa shape index (κ3) is 2.27. The normalized spacial score (nSPS) is 11.2. The molecule has 3 rings (SSSR count). The molecular weight excluding hydrogens is 258 g/mol. The minimum absolute atomic E-state index is 0.0687. The van der Waals surface area contributed by atoms with Gasteiger partial charge in [-0.05, 0) is 12.1 Å². The van der Waals surface area contributed by atoms with Crippen molar-refractivity contribution in [1.29, 1.82) is 0 Å². The molecule has 1 amide bonds. The Balaban J connectivity index is 1.87. The minimum Gasteiger partial charge on any atom is -0.451 e. The highest BCUT2D eigenvalue weighted by atomic mass is 16.4. The molecule has 0 aliphatic carbocycles. The first-order valence-electron chi connectivity index (χ1n) is 6.27. The third-order valence-corrected chi connectivity index (χ3v) is 2.82. The number of para-hydroxylation sites is 1. The van der Waals surface area contributed by atoms with Crippen molar-refractivity contribution in [3.8, 4) is 11.7 Å². The monoisotopic (exact) mass is 271 g/mol. The molecule has 2 aromatic heterocycles. The van der Waals surface area contributed by atoms with Gasteiger partial charge in [0.25, 0.3) is 5.89 Å². The summed E-state index contributed by atoms with van der Waals surface area (Å²) in [5, 5.41) is 11.1. The van der Waals surface area contributed by atoms with Crippen molar-refractivity contribution >= 4 is 22.9 Å². The molecule has 2 heterocycles. The molecule has 0 aliphatic heterocycles. The first-order chi connectivity index (χ1) is 9.63. The molecule has 0 fully saturated rings. The van der Waals surface area contributed by atoms with E-state index in [1.165, 1.54) is 0 Å². The zero-order valence-electron chi connectivity index (χ0n) is 11.1. The van der Waals surface area contributed by atoms with Gasteiger partial charge in [0.05, 0.1) is 0 Å². The number of carbonyl (C=O) groups excluding carboxylic acids is 1. The van der Waals surface area contributed by atoms with Crippen LogP contribution < -0.4 is 5.32 Å². The highest BCUT2D eigenvalue weighted by Crippen LogP contribution is 2.27. The van der Waals surface area contributed by atoms with Crippen LogP contribution in [0, 0.1) is 5.92 Å². The summed E-state index contributed by atoms with van der Waals surface area (Å²) in [4.78, 5) is 11.5. The van der Waals surface area contributed by atoms with Crippen molar-refractivity contribution in [3.05, 3.63) is 30.3 Å².